The normalized spacial score (nSPS) is 19.3. The molecule has 0 aliphatic carbocycles. The van der Waals surface area contributed by atoms with Gasteiger partial charge >= 0.3 is 6.18 Å². The largest absolute Gasteiger partial charge is 0.490 e. The Morgan fingerprint density at radius 1 is 1.07 bits per heavy atom. The SMILES string of the molecule is CCc1cc(N2C(=S)N(c3cnc(C#N)c(C(F)(F)F)c3)C(=O)C2(C)C)ccc1OC1CCN(CC(=O)Cc2cc(Cl)cc(CC3CCC(=O)NC3=O)c2)CC1. The van der Waals surface area contributed by atoms with Crippen LogP contribution in [0.25, 0.3) is 0 Å². The van der Waals surface area contributed by atoms with Crippen LogP contribution in [0.4, 0.5) is 24.5 Å². The number of thiocarbonyl (C=S) groups is 1. The van der Waals surface area contributed by atoms with Crippen molar-refractivity contribution in [3.63, 3.8) is 0 Å². The minimum atomic E-state index is -4.86. The Bertz CT molecular complexity index is 2130. The predicted molar refractivity (Wildman–Crippen MR) is 206 cm³/mol. The number of amides is 3. The third kappa shape index (κ3) is 8.72. The fraction of sp³-hybridized carbons (Fsp3) is 0.425. The van der Waals surface area contributed by atoms with Crippen molar-refractivity contribution < 1.29 is 37.1 Å². The van der Waals surface area contributed by atoms with Gasteiger partial charge in [0.15, 0.2) is 16.6 Å². The molecule has 3 amide bonds. The maximum atomic E-state index is 13.7. The quantitative estimate of drug-likeness (QED) is 0.172. The van der Waals surface area contributed by atoms with Crippen LogP contribution >= 0.6 is 23.8 Å². The van der Waals surface area contributed by atoms with Gasteiger partial charge in [0.1, 0.15) is 23.5 Å². The number of carbonyl (C=O) groups is 4. The van der Waals surface area contributed by atoms with Crippen molar-refractivity contribution in [2.45, 2.75) is 83.5 Å². The Morgan fingerprint density at radius 2 is 1.79 bits per heavy atom. The summed E-state index contributed by atoms with van der Waals surface area (Å²) in [6, 6.07) is 13.0. The molecular weight excluding hydrogens is 769 g/mol. The van der Waals surface area contributed by atoms with Gasteiger partial charge in [0.05, 0.1) is 24.0 Å². The van der Waals surface area contributed by atoms with Gasteiger partial charge in [-0.3, -0.25) is 34.3 Å². The second kappa shape index (κ2) is 16.3. The summed E-state index contributed by atoms with van der Waals surface area (Å²) in [7, 11) is 0. The zero-order valence-electron chi connectivity index (χ0n) is 31.0. The van der Waals surface area contributed by atoms with E-state index in [1.54, 1.807) is 43.0 Å². The summed E-state index contributed by atoms with van der Waals surface area (Å²) in [5.74, 6) is -0.718. The van der Waals surface area contributed by atoms with Crippen molar-refractivity contribution in [1.82, 2.24) is 15.2 Å². The van der Waals surface area contributed by atoms with Gasteiger partial charge in [0.2, 0.25) is 11.8 Å². The van der Waals surface area contributed by atoms with Crippen molar-refractivity contribution in [2.24, 2.45) is 5.92 Å². The first-order valence-electron chi connectivity index (χ1n) is 18.3. The fourth-order valence-corrected chi connectivity index (χ4v) is 8.29. The van der Waals surface area contributed by atoms with Crippen LogP contribution in [-0.4, -0.2) is 69.8 Å². The van der Waals surface area contributed by atoms with Gasteiger partial charge in [-0.25, -0.2) is 4.98 Å². The second-order valence-electron chi connectivity index (χ2n) is 14.8. The number of hydrogen-bond donors (Lipinski definition) is 1. The first-order chi connectivity index (χ1) is 26.5. The Kier molecular flexibility index (Phi) is 11.8. The van der Waals surface area contributed by atoms with E-state index in [0.29, 0.717) is 74.1 Å². The highest BCUT2D eigenvalue weighted by Gasteiger charge is 2.51. The summed E-state index contributed by atoms with van der Waals surface area (Å²) in [5.41, 5.74) is -0.471. The molecular formula is C40H40ClF3N6O5S. The van der Waals surface area contributed by atoms with Crippen molar-refractivity contribution >= 4 is 63.8 Å². The summed E-state index contributed by atoms with van der Waals surface area (Å²) in [6.07, 6.45) is -0.549. The van der Waals surface area contributed by atoms with E-state index in [2.05, 4.69) is 15.2 Å². The van der Waals surface area contributed by atoms with Crippen molar-refractivity contribution in [2.75, 3.05) is 29.4 Å². The number of Topliss-reactive ketones (excluding diaryl/α,β-unsaturated/α-hetero) is 1. The van der Waals surface area contributed by atoms with Crippen LogP contribution in [0.1, 0.15) is 74.4 Å². The molecule has 1 aromatic heterocycles. The average Bonchev–Trinajstić information content (AvgIpc) is 3.31. The molecule has 3 fully saturated rings. The lowest BCUT2D eigenvalue weighted by Crippen LogP contribution is -2.44. The molecule has 11 nitrogen and oxygen atoms in total. The minimum absolute atomic E-state index is 0.0275. The number of imide groups is 1. The van der Waals surface area contributed by atoms with E-state index >= 15 is 0 Å². The van der Waals surface area contributed by atoms with Crippen molar-refractivity contribution in [3.8, 4) is 11.8 Å². The molecule has 2 aromatic carbocycles. The molecule has 3 saturated heterocycles. The molecule has 1 atom stereocenters. The fourth-order valence-electron chi connectivity index (χ4n) is 7.49. The monoisotopic (exact) mass is 808 g/mol. The first-order valence-corrected chi connectivity index (χ1v) is 19.1. The molecule has 3 aliphatic heterocycles. The zero-order chi connectivity index (χ0) is 40.5. The lowest BCUT2D eigenvalue weighted by molar-refractivity contribution is -0.138. The number of halogens is 4. The smallest absolute Gasteiger partial charge is 0.419 e. The number of rotatable bonds is 11. The predicted octanol–water partition coefficient (Wildman–Crippen LogP) is 6.35. The van der Waals surface area contributed by atoms with Crippen molar-refractivity contribution in [1.29, 1.82) is 5.26 Å². The number of aromatic nitrogens is 1. The summed E-state index contributed by atoms with van der Waals surface area (Å²) in [4.78, 5) is 58.9. The van der Waals surface area contributed by atoms with Gasteiger partial charge in [-0.15, -0.1) is 0 Å². The van der Waals surface area contributed by atoms with Crippen LogP contribution in [0.3, 0.4) is 0 Å². The number of piperidine rings is 2. The average molecular weight is 809 g/mol. The molecule has 4 heterocycles. The van der Waals surface area contributed by atoms with Gasteiger partial charge in [-0.1, -0.05) is 24.6 Å². The van der Waals surface area contributed by atoms with E-state index in [4.69, 9.17) is 28.6 Å². The van der Waals surface area contributed by atoms with Gasteiger partial charge < -0.3 is 9.64 Å². The number of pyridine rings is 1. The Hall–Kier alpha value is -4.91. The number of ether oxygens (including phenoxy) is 1. The number of carbonyl (C=O) groups excluding carboxylic acids is 4. The zero-order valence-corrected chi connectivity index (χ0v) is 32.6. The molecule has 6 rings (SSSR count). The molecule has 0 saturated carbocycles. The Morgan fingerprint density at radius 3 is 2.45 bits per heavy atom. The number of aryl methyl sites for hydroxylation is 1. The highest BCUT2D eigenvalue weighted by atomic mass is 35.5. The van der Waals surface area contributed by atoms with E-state index in [1.165, 1.54) is 6.07 Å². The number of hydrogen-bond acceptors (Lipinski definition) is 9. The third-order valence-electron chi connectivity index (χ3n) is 10.4. The maximum Gasteiger partial charge on any atom is 0.419 e. The number of nitrogens with one attached hydrogen (secondary N) is 1. The topological polar surface area (TPSA) is 136 Å². The summed E-state index contributed by atoms with van der Waals surface area (Å²) < 4.78 is 47.7. The van der Waals surface area contributed by atoms with Gasteiger partial charge in [0, 0.05) is 42.6 Å². The highest BCUT2D eigenvalue weighted by molar-refractivity contribution is 7.81. The van der Waals surface area contributed by atoms with Gasteiger partial charge in [0.25, 0.3) is 5.91 Å². The van der Waals surface area contributed by atoms with E-state index in [1.807, 2.05) is 19.1 Å². The van der Waals surface area contributed by atoms with Crippen LogP contribution in [0, 0.1) is 17.2 Å². The van der Waals surface area contributed by atoms with Crippen LogP contribution in [0.5, 0.6) is 5.75 Å². The molecule has 1 N–H and O–H groups in total. The van der Waals surface area contributed by atoms with E-state index in [0.717, 1.165) is 27.8 Å². The number of likely N-dealkylation sites (tertiary alicyclic amines) is 1. The van der Waals surface area contributed by atoms with Crippen molar-refractivity contribution in [3.05, 3.63) is 81.6 Å². The second-order valence-corrected chi connectivity index (χ2v) is 15.6. The van der Waals surface area contributed by atoms with Crippen LogP contribution in [0.2, 0.25) is 5.02 Å². The summed E-state index contributed by atoms with van der Waals surface area (Å²) >= 11 is 12.1. The highest BCUT2D eigenvalue weighted by Crippen LogP contribution is 2.40. The molecule has 1 unspecified atom stereocenters. The lowest BCUT2D eigenvalue weighted by Gasteiger charge is -2.33. The molecule has 16 heteroatoms. The number of ketones is 1. The molecule has 294 valence electrons. The molecule has 56 heavy (non-hydrogen) atoms. The molecule has 0 bridgehead atoms. The number of nitriles is 1. The molecule has 0 radical (unpaired) electrons. The number of nitrogens with zero attached hydrogens (tertiary/aromatic N) is 5. The number of alkyl halides is 3. The Labute approximate surface area is 332 Å². The van der Waals surface area contributed by atoms with Crippen LogP contribution < -0.4 is 19.9 Å². The van der Waals surface area contributed by atoms with Gasteiger partial charge in [-0.05, 0) is 111 Å². The standard InChI is InChI=1S/C40H40ClF3N6O5S/c1-4-25-18-28(50-38(56)49(37(54)39(50,2)3)29-19-32(40(42,43)44)33(20-45)46-21-29)6-7-34(25)55-31-9-11-48(12-10-31)22-30(51)17-24-13-23(15-27(41)16-24)14-26-5-8-35(52)47-36(26)53/h6-7,13,15-16,18-19,21,26,31H,4-5,8-12,14,17,22H2,1-3H3,(H,47,52,53). The minimum Gasteiger partial charge on any atom is -0.490 e. The lowest BCUT2D eigenvalue weighted by atomic mass is 9.90. The van der Waals surface area contributed by atoms with Gasteiger partial charge in [-0.2, -0.15) is 18.4 Å². The summed E-state index contributed by atoms with van der Waals surface area (Å²) in [5, 5.41) is 12.0. The number of anilines is 2. The van der Waals surface area contributed by atoms with E-state index in [-0.39, 0.29) is 53.4 Å². The van der Waals surface area contributed by atoms with E-state index < -0.39 is 28.9 Å². The number of benzene rings is 2. The summed E-state index contributed by atoms with van der Waals surface area (Å²) in [6.45, 7) is 6.81. The molecule has 3 aromatic rings. The first kappa shape index (κ1) is 40.7. The molecule has 3 aliphatic rings. The maximum absolute atomic E-state index is 13.7. The third-order valence-corrected chi connectivity index (χ3v) is 11.0. The molecule has 0 spiro atoms. The Balaban J connectivity index is 1.06. The van der Waals surface area contributed by atoms with Crippen LogP contribution in [0.15, 0.2) is 48.7 Å². The van der Waals surface area contributed by atoms with E-state index in [9.17, 15) is 37.6 Å². The van der Waals surface area contributed by atoms with Crippen LogP contribution in [-0.2, 0) is 44.6 Å².